The first-order valence-electron chi connectivity index (χ1n) is 5.33. The van der Waals surface area contributed by atoms with Crippen LogP contribution in [-0.4, -0.2) is 29.1 Å². The maximum absolute atomic E-state index is 11.6. The fraction of sp³-hybridized carbons (Fsp3) is 0.636. The molecule has 0 saturated heterocycles. The minimum atomic E-state index is -1.08. The Morgan fingerprint density at radius 3 is 2.50 bits per heavy atom. The van der Waals surface area contributed by atoms with E-state index in [0.29, 0.717) is 0 Å². The minimum absolute atomic E-state index is 0.0261. The van der Waals surface area contributed by atoms with E-state index in [4.69, 9.17) is 10.8 Å². The van der Waals surface area contributed by atoms with Crippen LogP contribution in [-0.2, 0) is 9.59 Å². The highest BCUT2D eigenvalue weighted by molar-refractivity contribution is 5.87. The maximum Gasteiger partial charge on any atom is 0.326 e. The number of rotatable bonds is 7. The highest BCUT2D eigenvalue weighted by Crippen LogP contribution is 2.06. The number of nitrogens with one attached hydrogen (secondary N) is 1. The van der Waals surface area contributed by atoms with Crippen LogP contribution in [0.5, 0.6) is 0 Å². The molecule has 2 unspecified atom stereocenters. The van der Waals surface area contributed by atoms with Gasteiger partial charge < -0.3 is 16.2 Å². The first-order chi connectivity index (χ1) is 7.43. The second-order valence-corrected chi connectivity index (χ2v) is 3.84. The molecular weight excluding hydrogens is 208 g/mol. The summed E-state index contributed by atoms with van der Waals surface area (Å²) < 4.78 is 0. The lowest BCUT2D eigenvalue weighted by molar-refractivity contribution is -0.142. The molecule has 5 heteroatoms. The summed E-state index contributed by atoms with van der Waals surface area (Å²) in [4.78, 5) is 22.4. The first-order valence-corrected chi connectivity index (χ1v) is 5.33. The predicted molar refractivity (Wildman–Crippen MR) is 61.8 cm³/mol. The summed E-state index contributed by atoms with van der Waals surface area (Å²) in [5.74, 6) is -1.48. The van der Waals surface area contributed by atoms with Crippen LogP contribution in [0.15, 0.2) is 12.7 Å². The Labute approximate surface area is 95.7 Å². The van der Waals surface area contributed by atoms with Crippen LogP contribution in [0, 0.1) is 5.92 Å². The number of hydrogen-bond donors (Lipinski definition) is 3. The van der Waals surface area contributed by atoms with Crippen LogP contribution in [0.1, 0.15) is 26.7 Å². The summed E-state index contributed by atoms with van der Waals surface area (Å²) >= 11 is 0. The highest BCUT2D eigenvalue weighted by atomic mass is 16.4. The van der Waals surface area contributed by atoms with Crippen molar-refractivity contribution in [2.75, 3.05) is 0 Å². The second-order valence-electron chi connectivity index (χ2n) is 3.84. The van der Waals surface area contributed by atoms with Gasteiger partial charge in [0.25, 0.3) is 0 Å². The van der Waals surface area contributed by atoms with Crippen molar-refractivity contribution < 1.29 is 14.7 Å². The molecule has 0 spiro atoms. The Morgan fingerprint density at radius 1 is 1.56 bits per heavy atom. The number of carboxylic acid groups (broad SMARTS) is 1. The van der Waals surface area contributed by atoms with E-state index < -0.39 is 24.0 Å². The van der Waals surface area contributed by atoms with Gasteiger partial charge in [0.1, 0.15) is 6.04 Å². The van der Waals surface area contributed by atoms with E-state index in [0.717, 1.165) is 6.42 Å². The molecule has 4 N–H and O–H groups in total. The van der Waals surface area contributed by atoms with E-state index in [1.54, 1.807) is 0 Å². The minimum Gasteiger partial charge on any atom is -0.480 e. The van der Waals surface area contributed by atoms with Gasteiger partial charge in [-0.15, -0.1) is 6.58 Å². The second kappa shape index (κ2) is 7.00. The highest BCUT2D eigenvalue weighted by Gasteiger charge is 2.24. The lowest BCUT2D eigenvalue weighted by Crippen LogP contribution is -2.50. The molecule has 0 saturated carbocycles. The van der Waals surface area contributed by atoms with Crippen molar-refractivity contribution in [3.05, 3.63) is 12.7 Å². The fourth-order valence-electron chi connectivity index (χ4n) is 1.17. The molecule has 16 heavy (non-hydrogen) atoms. The van der Waals surface area contributed by atoms with E-state index in [2.05, 4.69) is 11.9 Å². The van der Waals surface area contributed by atoms with Crippen molar-refractivity contribution in [2.45, 2.75) is 38.8 Å². The van der Waals surface area contributed by atoms with Crippen LogP contribution in [0.4, 0.5) is 0 Å². The van der Waals surface area contributed by atoms with Crippen LogP contribution in [0.3, 0.4) is 0 Å². The fourth-order valence-corrected chi connectivity index (χ4v) is 1.17. The van der Waals surface area contributed by atoms with Crippen molar-refractivity contribution in [1.29, 1.82) is 0 Å². The zero-order valence-corrected chi connectivity index (χ0v) is 9.77. The Bertz CT molecular complexity index is 266. The Balaban J connectivity index is 4.39. The maximum atomic E-state index is 11.6. The van der Waals surface area contributed by atoms with Crippen LogP contribution < -0.4 is 11.1 Å². The van der Waals surface area contributed by atoms with Crippen molar-refractivity contribution in [2.24, 2.45) is 11.7 Å². The Hall–Kier alpha value is -1.36. The van der Waals surface area contributed by atoms with Gasteiger partial charge in [0.2, 0.25) is 5.91 Å². The average Bonchev–Trinajstić information content (AvgIpc) is 2.25. The molecule has 0 radical (unpaired) electrons. The molecule has 0 rings (SSSR count). The number of amides is 1. The molecule has 0 bridgehead atoms. The van der Waals surface area contributed by atoms with E-state index in [1.165, 1.54) is 6.08 Å². The monoisotopic (exact) mass is 228 g/mol. The Morgan fingerprint density at radius 2 is 2.12 bits per heavy atom. The van der Waals surface area contributed by atoms with Crippen molar-refractivity contribution in [1.82, 2.24) is 5.32 Å². The number of aliphatic carboxylic acids is 1. The number of hydrogen-bond acceptors (Lipinski definition) is 3. The van der Waals surface area contributed by atoms with Crippen LogP contribution >= 0.6 is 0 Å². The molecule has 0 aliphatic carbocycles. The van der Waals surface area contributed by atoms with Gasteiger partial charge in [-0.3, -0.25) is 4.79 Å². The van der Waals surface area contributed by atoms with Crippen molar-refractivity contribution in [3.63, 3.8) is 0 Å². The predicted octanol–water partition coefficient (Wildman–Crippen LogP) is 0.505. The van der Waals surface area contributed by atoms with Crippen LogP contribution in [0.25, 0.3) is 0 Å². The summed E-state index contributed by atoms with van der Waals surface area (Å²) in [6.45, 7) is 7.22. The molecule has 3 atom stereocenters. The number of carbonyl (C=O) groups is 2. The molecule has 1 amide bonds. The topological polar surface area (TPSA) is 92.4 Å². The van der Waals surface area contributed by atoms with E-state index >= 15 is 0 Å². The summed E-state index contributed by atoms with van der Waals surface area (Å²) in [5.41, 5.74) is 5.69. The molecule has 0 aromatic heterocycles. The number of nitrogens with two attached hydrogens (primary N) is 1. The van der Waals surface area contributed by atoms with E-state index in [9.17, 15) is 9.59 Å². The quantitative estimate of drug-likeness (QED) is 0.553. The first kappa shape index (κ1) is 14.6. The number of carboxylic acids is 1. The zero-order chi connectivity index (χ0) is 12.7. The molecule has 0 fully saturated rings. The lowest BCUT2D eigenvalue weighted by atomic mass is 9.99. The molecule has 92 valence electrons. The summed E-state index contributed by atoms with van der Waals surface area (Å²) in [6.07, 6.45) is 2.41. The van der Waals surface area contributed by atoms with Gasteiger partial charge in [0, 0.05) is 0 Å². The van der Waals surface area contributed by atoms with Crippen molar-refractivity contribution >= 4 is 11.9 Å². The summed E-state index contributed by atoms with van der Waals surface area (Å²) in [5, 5.41) is 11.2. The molecule has 0 aromatic carbocycles. The molecule has 0 aromatic rings. The summed E-state index contributed by atoms with van der Waals surface area (Å²) in [7, 11) is 0. The molecule has 0 heterocycles. The molecule has 0 aliphatic rings. The van der Waals surface area contributed by atoms with Gasteiger partial charge in [0.05, 0.1) is 6.04 Å². The normalized spacial score (nSPS) is 15.9. The summed E-state index contributed by atoms with van der Waals surface area (Å²) in [6, 6.07) is -1.61. The SMILES string of the molecule is C=CCC(NC(=O)[C@@H](N)C(C)CC)C(=O)O. The standard InChI is InChI=1S/C11H20N2O3/c1-4-6-8(11(15)16)13-10(14)9(12)7(3)5-2/h4,7-9H,1,5-6,12H2,2-3H3,(H,13,14)(H,15,16)/t7?,8?,9-/m0/s1. The van der Waals surface area contributed by atoms with E-state index in [1.807, 2.05) is 13.8 Å². The van der Waals surface area contributed by atoms with Crippen molar-refractivity contribution in [3.8, 4) is 0 Å². The van der Waals surface area contributed by atoms with Gasteiger partial charge in [0.15, 0.2) is 0 Å². The van der Waals surface area contributed by atoms with Crippen LogP contribution in [0.2, 0.25) is 0 Å². The van der Waals surface area contributed by atoms with Gasteiger partial charge >= 0.3 is 5.97 Å². The molecular formula is C11H20N2O3. The van der Waals surface area contributed by atoms with Gasteiger partial charge in [-0.05, 0) is 12.3 Å². The van der Waals surface area contributed by atoms with Gasteiger partial charge in [-0.25, -0.2) is 4.79 Å². The molecule has 0 aliphatic heterocycles. The largest absolute Gasteiger partial charge is 0.480 e. The van der Waals surface area contributed by atoms with Gasteiger partial charge in [-0.1, -0.05) is 26.3 Å². The lowest BCUT2D eigenvalue weighted by Gasteiger charge is -2.20. The third kappa shape index (κ3) is 4.44. The average molecular weight is 228 g/mol. The third-order valence-electron chi connectivity index (χ3n) is 2.58. The third-order valence-corrected chi connectivity index (χ3v) is 2.58. The number of carbonyl (C=O) groups excluding carboxylic acids is 1. The van der Waals surface area contributed by atoms with E-state index in [-0.39, 0.29) is 12.3 Å². The molecule has 5 nitrogen and oxygen atoms in total. The Kier molecular flexibility index (Phi) is 6.41. The smallest absolute Gasteiger partial charge is 0.326 e. The van der Waals surface area contributed by atoms with Gasteiger partial charge in [-0.2, -0.15) is 0 Å². The zero-order valence-electron chi connectivity index (χ0n) is 9.77.